The average Bonchev–Trinajstić information content (AvgIpc) is 3.46. The second kappa shape index (κ2) is 14.1. The molecule has 1 unspecified atom stereocenters. The lowest BCUT2D eigenvalue weighted by atomic mass is 9.95. The van der Waals surface area contributed by atoms with Crippen molar-refractivity contribution in [3.05, 3.63) is 127 Å². The number of benzene rings is 3. The summed E-state index contributed by atoms with van der Waals surface area (Å²) in [7, 11) is 0. The summed E-state index contributed by atoms with van der Waals surface area (Å²) in [5.74, 6) is -2.48. The average molecular weight is 675 g/mol. The zero-order chi connectivity index (χ0) is 28.6. The molecule has 208 valence electrons. The SMILES string of the molecule is CC(C(=O)N[C@@H](Cc1cc(F)cc(F)c1)[C@@H](O)CNCc1cccc(I)c1)c1ccc(C(=O)c2cccs2)cc1. The molecule has 5 nitrogen and oxygen atoms in total. The third-order valence-corrected chi connectivity index (χ3v) is 8.09. The van der Waals surface area contributed by atoms with Crippen LogP contribution in [0, 0.1) is 15.2 Å². The van der Waals surface area contributed by atoms with Gasteiger partial charge in [0.15, 0.2) is 0 Å². The van der Waals surface area contributed by atoms with Crippen molar-refractivity contribution in [2.24, 2.45) is 0 Å². The minimum atomic E-state index is -1.03. The Morgan fingerprint density at radius 3 is 2.33 bits per heavy atom. The van der Waals surface area contributed by atoms with Crippen molar-refractivity contribution in [2.75, 3.05) is 6.54 Å². The van der Waals surface area contributed by atoms with Crippen molar-refractivity contribution in [2.45, 2.75) is 38.0 Å². The van der Waals surface area contributed by atoms with Crippen molar-refractivity contribution in [3.63, 3.8) is 0 Å². The standard InChI is InChI=1S/C31H29F2IN2O3S/c1-19(22-7-9-23(10-8-22)30(38)29-6-3-11-40-29)31(39)36-27(15-21-12-24(32)16-25(33)13-21)28(37)18-35-17-20-4-2-5-26(34)14-20/h2-14,16,19,27-28,35,37H,15,17-18H2,1H3,(H,36,39)/t19?,27-,28-/m0/s1. The van der Waals surface area contributed by atoms with Crippen LogP contribution >= 0.6 is 33.9 Å². The molecule has 0 fully saturated rings. The molecule has 9 heteroatoms. The Bertz CT molecular complexity index is 1430. The number of carbonyl (C=O) groups excluding carboxylic acids is 2. The summed E-state index contributed by atoms with van der Waals surface area (Å²) < 4.78 is 28.8. The third-order valence-electron chi connectivity index (χ3n) is 6.55. The molecular weight excluding hydrogens is 645 g/mol. The summed E-state index contributed by atoms with van der Waals surface area (Å²) in [4.78, 5) is 26.5. The van der Waals surface area contributed by atoms with E-state index in [-0.39, 0.29) is 24.7 Å². The minimum Gasteiger partial charge on any atom is -0.390 e. The summed E-state index contributed by atoms with van der Waals surface area (Å²) >= 11 is 3.60. The molecule has 1 aromatic heterocycles. The van der Waals surface area contributed by atoms with E-state index < -0.39 is 29.7 Å². The van der Waals surface area contributed by atoms with Crippen molar-refractivity contribution in [1.82, 2.24) is 10.6 Å². The molecule has 0 aliphatic carbocycles. The van der Waals surface area contributed by atoms with E-state index in [0.717, 1.165) is 15.2 Å². The van der Waals surface area contributed by atoms with Gasteiger partial charge in [-0.15, -0.1) is 11.3 Å². The van der Waals surface area contributed by atoms with E-state index in [2.05, 4.69) is 33.2 Å². The fourth-order valence-corrected chi connectivity index (χ4v) is 5.65. The third kappa shape index (κ3) is 8.26. The summed E-state index contributed by atoms with van der Waals surface area (Å²) in [6.07, 6.45) is -0.996. The highest BCUT2D eigenvalue weighted by Gasteiger charge is 2.25. The molecule has 1 heterocycles. The van der Waals surface area contributed by atoms with E-state index in [1.165, 1.54) is 23.5 Å². The Kier molecular flexibility index (Phi) is 10.5. The molecule has 0 bridgehead atoms. The first-order valence-corrected chi connectivity index (χ1v) is 14.7. The maximum Gasteiger partial charge on any atom is 0.227 e. The predicted octanol–water partition coefficient (Wildman–Crippen LogP) is 5.84. The second-order valence-electron chi connectivity index (χ2n) is 9.58. The van der Waals surface area contributed by atoms with Gasteiger partial charge in [0.1, 0.15) is 11.6 Å². The molecule has 0 saturated carbocycles. The van der Waals surface area contributed by atoms with Crippen LogP contribution in [0.15, 0.2) is 84.2 Å². The Balaban J connectivity index is 1.44. The number of amides is 1. The van der Waals surface area contributed by atoms with E-state index in [1.807, 2.05) is 35.7 Å². The van der Waals surface area contributed by atoms with Crippen molar-refractivity contribution in [1.29, 1.82) is 0 Å². The zero-order valence-corrected chi connectivity index (χ0v) is 24.7. The lowest BCUT2D eigenvalue weighted by molar-refractivity contribution is -0.123. The number of thiophene rings is 1. The maximum absolute atomic E-state index is 13.9. The molecule has 0 radical (unpaired) electrons. The minimum absolute atomic E-state index is 0.0352. The Morgan fingerprint density at radius 2 is 1.68 bits per heavy atom. The van der Waals surface area contributed by atoms with E-state index in [9.17, 15) is 23.5 Å². The fraction of sp³-hybridized carbons (Fsp3) is 0.226. The van der Waals surface area contributed by atoms with Crippen LogP contribution in [0.25, 0.3) is 0 Å². The highest BCUT2D eigenvalue weighted by molar-refractivity contribution is 14.1. The van der Waals surface area contributed by atoms with E-state index in [1.54, 1.807) is 37.3 Å². The highest BCUT2D eigenvalue weighted by Crippen LogP contribution is 2.21. The number of carbonyl (C=O) groups is 2. The van der Waals surface area contributed by atoms with Crippen molar-refractivity contribution < 1.29 is 23.5 Å². The molecule has 1 amide bonds. The highest BCUT2D eigenvalue weighted by atomic mass is 127. The van der Waals surface area contributed by atoms with Gasteiger partial charge in [0.25, 0.3) is 0 Å². The van der Waals surface area contributed by atoms with Crippen LogP contribution < -0.4 is 10.6 Å². The first-order valence-electron chi connectivity index (χ1n) is 12.8. The van der Waals surface area contributed by atoms with Crippen LogP contribution in [0.1, 0.15) is 44.8 Å². The first-order chi connectivity index (χ1) is 19.2. The Morgan fingerprint density at radius 1 is 0.950 bits per heavy atom. The number of ketones is 1. The van der Waals surface area contributed by atoms with E-state index >= 15 is 0 Å². The molecule has 4 aromatic rings. The van der Waals surface area contributed by atoms with Gasteiger partial charge in [0.2, 0.25) is 11.7 Å². The predicted molar refractivity (Wildman–Crippen MR) is 161 cm³/mol. The largest absolute Gasteiger partial charge is 0.390 e. The molecular formula is C31H29F2IN2O3S. The molecule has 0 aliphatic heterocycles. The van der Waals surface area contributed by atoms with Gasteiger partial charge in [-0.1, -0.05) is 42.5 Å². The van der Waals surface area contributed by atoms with Crippen molar-refractivity contribution >= 4 is 45.6 Å². The quantitative estimate of drug-likeness (QED) is 0.130. The van der Waals surface area contributed by atoms with Crippen molar-refractivity contribution in [3.8, 4) is 0 Å². The van der Waals surface area contributed by atoms with Gasteiger partial charge in [-0.2, -0.15) is 0 Å². The molecule has 0 aliphatic rings. The van der Waals surface area contributed by atoms with Gasteiger partial charge < -0.3 is 15.7 Å². The number of aliphatic hydroxyl groups is 1. The summed E-state index contributed by atoms with van der Waals surface area (Å²) in [6.45, 7) is 2.39. The molecule has 40 heavy (non-hydrogen) atoms. The van der Waals surface area contributed by atoms with Crippen LogP contribution in [0.3, 0.4) is 0 Å². The lowest BCUT2D eigenvalue weighted by Crippen LogP contribution is -2.49. The van der Waals surface area contributed by atoms with Gasteiger partial charge in [-0.3, -0.25) is 9.59 Å². The summed E-state index contributed by atoms with van der Waals surface area (Å²) in [6, 6.07) is 20.7. The maximum atomic E-state index is 13.9. The topological polar surface area (TPSA) is 78.4 Å². The van der Waals surface area contributed by atoms with E-state index in [4.69, 9.17) is 0 Å². The zero-order valence-electron chi connectivity index (χ0n) is 21.7. The van der Waals surface area contributed by atoms with Crippen LogP contribution in [0.4, 0.5) is 8.78 Å². The molecule has 3 atom stereocenters. The van der Waals surface area contributed by atoms with E-state index in [0.29, 0.717) is 28.1 Å². The summed E-state index contributed by atoms with van der Waals surface area (Å²) in [5, 5.41) is 18.9. The van der Waals surface area contributed by atoms with Gasteiger partial charge >= 0.3 is 0 Å². The monoisotopic (exact) mass is 674 g/mol. The van der Waals surface area contributed by atoms with Crippen LogP contribution in [-0.2, 0) is 17.8 Å². The number of halogens is 3. The number of rotatable bonds is 12. The lowest BCUT2D eigenvalue weighted by Gasteiger charge is -2.26. The van der Waals surface area contributed by atoms with Gasteiger partial charge in [0.05, 0.1) is 22.9 Å². The van der Waals surface area contributed by atoms with Crippen LogP contribution in [0.2, 0.25) is 0 Å². The molecule has 0 saturated heterocycles. The Labute approximate surface area is 249 Å². The number of nitrogens with one attached hydrogen (secondary N) is 2. The molecule has 0 spiro atoms. The Hall–Kier alpha value is -2.99. The van der Waals surface area contributed by atoms with Gasteiger partial charge in [-0.25, -0.2) is 8.78 Å². The first kappa shape index (κ1) is 30.0. The molecule has 4 rings (SSSR count). The number of hydrogen-bond donors (Lipinski definition) is 3. The summed E-state index contributed by atoms with van der Waals surface area (Å²) in [5.41, 5.74) is 2.59. The number of hydrogen-bond acceptors (Lipinski definition) is 5. The van der Waals surface area contributed by atoms with Crippen LogP contribution in [0.5, 0.6) is 0 Å². The fourth-order valence-electron chi connectivity index (χ4n) is 4.35. The molecule has 3 aromatic carbocycles. The number of aliphatic hydroxyl groups excluding tert-OH is 1. The molecule has 3 N–H and O–H groups in total. The van der Waals surface area contributed by atoms with Crippen LogP contribution in [-0.4, -0.2) is 35.5 Å². The smallest absolute Gasteiger partial charge is 0.227 e. The van der Waals surface area contributed by atoms with Gasteiger partial charge in [0, 0.05) is 28.3 Å². The van der Waals surface area contributed by atoms with Gasteiger partial charge in [-0.05, 0) is 88.3 Å². The second-order valence-corrected chi connectivity index (χ2v) is 11.8. The normalized spacial score (nSPS) is 13.4.